The second-order valence-corrected chi connectivity index (χ2v) is 8.87. The maximum Gasteiger partial charge on any atom is 0.338 e. The van der Waals surface area contributed by atoms with Gasteiger partial charge in [0.25, 0.3) is 0 Å². The molecule has 8 nitrogen and oxygen atoms in total. The summed E-state index contributed by atoms with van der Waals surface area (Å²) in [6.07, 6.45) is -2.37. The van der Waals surface area contributed by atoms with Crippen molar-refractivity contribution in [2.75, 3.05) is 13.2 Å². The first kappa shape index (κ1) is 28.8. The van der Waals surface area contributed by atoms with Crippen LogP contribution in [0, 0.1) is 0 Å². The summed E-state index contributed by atoms with van der Waals surface area (Å²) in [6.45, 7) is -0.571. The van der Waals surface area contributed by atoms with Crippen molar-refractivity contribution in [3.63, 3.8) is 0 Å². The molecule has 41 heavy (non-hydrogen) atoms. The molecule has 0 unspecified atom stereocenters. The minimum absolute atomic E-state index is 0.0349. The molecule has 0 aromatic heterocycles. The zero-order valence-corrected chi connectivity index (χ0v) is 22.1. The Morgan fingerprint density at radius 3 is 1.20 bits per heavy atom. The van der Waals surface area contributed by atoms with Crippen LogP contribution in [-0.2, 0) is 18.9 Å². The van der Waals surface area contributed by atoms with Gasteiger partial charge < -0.3 is 18.9 Å². The lowest BCUT2D eigenvalue weighted by Gasteiger charge is -2.27. The molecule has 4 rings (SSSR count). The molecule has 0 amide bonds. The number of hydrogen-bond donors (Lipinski definition) is 0. The van der Waals surface area contributed by atoms with E-state index >= 15 is 0 Å². The van der Waals surface area contributed by atoms with Gasteiger partial charge in [-0.1, -0.05) is 72.8 Å². The van der Waals surface area contributed by atoms with E-state index in [1.54, 1.807) is 121 Å². The number of hydrogen-bond acceptors (Lipinski definition) is 8. The normalized spacial score (nSPS) is 11.9. The third kappa shape index (κ3) is 8.63. The minimum atomic E-state index is -1.21. The van der Waals surface area contributed by atoms with Crippen molar-refractivity contribution in [1.29, 1.82) is 0 Å². The van der Waals surface area contributed by atoms with Crippen LogP contribution in [-0.4, -0.2) is 49.3 Å². The number of rotatable bonds is 12. The topological polar surface area (TPSA) is 105 Å². The van der Waals surface area contributed by atoms with Gasteiger partial charge in [0, 0.05) is 6.42 Å². The molecule has 0 aliphatic heterocycles. The van der Waals surface area contributed by atoms with E-state index in [2.05, 4.69) is 0 Å². The lowest BCUT2D eigenvalue weighted by Crippen LogP contribution is -2.40. The molecule has 0 bridgehead atoms. The summed E-state index contributed by atoms with van der Waals surface area (Å²) in [5.41, 5.74) is 1.19. The van der Waals surface area contributed by atoms with Crippen molar-refractivity contribution in [1.82, 2.24) is 0 Å². The van der Waals surface area contributed by atoms with E-state index in [0.29, 0.717) is 11.1 Å². The van der Waals surface area contributed by atoms with E-state index in [0.717, 1.165) is 0 Å². The van der Waals surface area contributed by atoms with Crippen molar-refractivity contribution in [3.05, 3.63) is 144 Å². The summed E-state index contributed by atoms with van der Waals surface area (Å²) < 4.78 is 22.4. The summed E-state index contributed by atoms with van der Waals surface area (Å²) in [6, 6.07) is 33.3. The summed E-state index contributed by atoms with van der Waals surface area (Å²) in [5.74, 6) is -2.59. The predicted molar refractivity (Wildman–Crippen MR) is 149 cm³/mol. The van der Waals surface area contributed by atoms with Gasteiger partial charge in [-0.3, -0.25) is 0 Å². The molecule has 0 saturated carbocycles. The van der Waals surface area contributed by atoms with Crippen molar-refractivity contribution < 1.29 is 38.1 Å². The fourth-order valence-electron chi connectivity index (χ4n) is 3.84. The second kappa shape index (κ2) is 14.8. The summed E-state index contributed by atoms with van der Waals surface area (Å²) in [5, 5.41) is 0. The molecule has 0 saturated heterocycles. The molecule has 4 aromatic rings. The van der Waals surface area contributed by atoms with E-state index in [9.17, 15) is 19.2 Å². The van der Waals surface area contributed by atoms with Crippen LogP contribution in [0.25, 0.3) is 0 Å². The number of carbonyl (C=O) groups excluding carboxylic acids is 4. The quantitative estimate of drug-likeness (QED) is 0.167. The predicted octanol–water partition coefficient (Wildman–Crippen LogP) is 5.54. The summed E-state index contributed by atoms with van der Waals surface area (Å²) in [4.78, 5) is 51.2. The van der Waals surface area contributed by atoms with Gasteiger partial charge in [0.15, 0.2) is 6.10 Å². The average Bonchev–Trinajstić information content (AvgIpc) is 3.03. The van der Waals surface area contributed by atoms with Crippen LogP contribution in [0.4, 0.5) is 0 Å². The van der Waals surface area contributed by atoms with Crippen LogP contribution in [0.3, 0.4) is 0 Å². The van der Waals surface area contributed by atoms with Crippen LogP contribution >= 0.6 is 0 Å². The standard InChI is InChI=1S/C33H28O8/c34-30(24-13-5-1-6-14-24)38-22-21-28(40-32(36)26-17-9-3-10-18-26)29(41-33(37)27-19-11-4-12-20-27)23-39-31(35)25-15-7-2-8-16-25/h1-20,28-29H,21-23H2/t28-,29-/m1/s1. The molecular weight excluding hydrogens is 524 g/mol. The Morgan fingerprint density at radius 1 is 0.439 bits per heavy atom. The highest BCUT2D eigenvalue weighted by Crippen LogP contribution is 2.17. The molecule has 0 N–H and O–H groups in total. The Bertz CT molecular complexity index is 1420. The smallest absolute Gasteiger partial charge is 0.338 e. The number of ether oxygens (including phenoxy) is 4. The molecule has 2 atom stereocenters. The third-order valence-electron chi connectivity index (χ3n) is 5.98. The second-order valence-electron chi connectivity index (χ2n) is 8.87. The third-order valence-corrected chi connectivity index (χ3v) is 5.98. The fraction of sp³-hybridized carbons (Fsp3) is 0.152. The lowest BCUT2D eigenvalue weighted by atomic mass is 10.1. The maximum atomic E-state index is 13.0. The van der Waals surface area contributed by atoms with Crippen LogP contribution in [0.1, 0.15) is 47.9 Å². The van der Waals surface area contributed by atoms with Crippen molar-refractivity contribution >= 4 is 23.9 Å². The van der Waals surface area contributed by atoms with Crippen LogP contribution < -0.4 is 0 Å². The van der Waals surface area contributed by atoms with Crippen LogP contribution in [0.2, 0.25) is 0 Å². The molecule has 8 heteroatoms. The SMILES string of the molecule is O=C(OCC[C@@H](OC(=O)c1ccccc1)[C@@H](COC(=O)c1ccccc1)OC(=O)c1ccccc1)c1ccccc1. The molecule has 0 aliphatic carbocycles. The highest BCUT2D eigenvalue weighted by atomic mass is 16.6. The average molecular weight is 553 g/mol. The van der Waals surface area contributed by atoms with Crippen molar-refractivity contribution in [2.45, 2.75) is 18.6 Å². The van der Waals surface area contributed by atoms with E-state index in [4.69, 9.17) is 18.9 Å². The first-order chi connectivity index (χ1) is 20.0. The van der Waals surface area contributed by atoms with Gasteiger partial charge in [0.1, 0.15) is 12.7 Å². The molecule has 4 aromatic carbocycles. The highest BCUT2D eigenvalue weighted by Gasteiger charge is 2.32. The van der Waals surface area contributed by atoms with E-state index in [-0.39, 0.29) is 24.2 Å². The molecule has 0 heterocycles. The monoisotopic (exact) mass is 552 g/mol. The highest BCUT2D eigenvalue weighted by molar-refractivity contribution is 5.91. The van der Waals surface area contributed by atoms with Gasteiger partial charge in [0.05, 0.1) is 28.9 Å². The molecule has 0 fully saturated rings. The van der Waals surface area contributed by atoms with E-state index in [1.807, 2.05) is 0 Å². The largest absolute Gasteiger partial charge is 0.462 e. The first-order valence-electron chi connectivity index (χ1n) is 13.0. The van der Waals surface area contributed by atoms with Crippen LogP contribution in [0.5, 0.6) is 0 Å². The van der Waals surface area contributed by atoms with E-state index in [1.165, 1.54) is 0 Å². The van der Waals surface area contributed by atoms with Gasteiger partial charge in [-0.2, -0.15) is 0 Å². The zero-order valence-electron chi connectivity index (χ0n) is 22.1. The van der Waals surface area contributed by atoms with Gasteiger partial charge in [-0.05, 0) is 48.5 Å². The van der Waals surface area contributed by atoms with Crippen molar-refractivity contribution in [2.24, 2.45) is 0 Å². The molecule has 0 spiro atoms. The van der Waals surface area contributed by atoms with Crippen molar-refractivity contribution in [3.8, 4) is 0 Å². The Morgan fingerprint density at radius 2 is 0.780 bits per heavy atom. The molecule has 0 radical (unpaired) electrons. The molecule has 208 valence electrons. The molecular formula is C33H28O8. The number of esters is 4. The summed E-state index contributed by atoms with van der Waals surface area (Å²) in [7, 11) is 0. The Balaban J connectivity index is 1.54. The Labute approximate surface area is 237 Å². The van der Waals surface area contributed by atoms with Gasteiger partial charge in [0.2, 0.25) is 0 Å². The van der Waals surface area contributed by atoms with Gasteiger partial charge >= 0.3 is 23.9 Å². The van der Waals surface area contributed by atoms with Crippen LogP contribution in [0.15, 0.2) is 121 Å². The zero-order chi connectivity index (χ0) is 28.9. The summed E-state index contributed by atoms with van der Waals surface area (Å²) >= 11 is 0. The van der Waals surface area contributed by atoms with Gasteiger partial charge in [-0.15, -0.1) is 0 Å². The molecule has 0 aliphatic rings. The lowest BCUT2D eigenvalue weighted by molar-refractivity contribution is -0.0641. The fourth-order valence-corrected chi connectivity index (χ4v) is 3.84. The maximum absolute atomic E-state index is 13.0. The van der Waals surface area contributed by atoms with E-state index < -0.39 is 42.7 Å². The first-order valence-corrected chi connectivity index (χ1v) is 13.0. The number of benzene rings is 4. The Kier molecular flexibility index (Phi) is 10.4. The minimum Gasteiger partial charge on any atom is -0.462 e. The Hall–Kier alpha value is -5.24. The number of carbonyl (C=O) groups is 4. The van der Waals surface area contributed by atoms with Gasteiger partial charge in [-0.25, -0.2) is 19.2 Å².